The molecule has 2 rings (SSSR count). The number of benzene rings is 2. The van der Waals surface area contributed by atoms with E-state index in [4.69, 9.17) is 16.3 Å². The molecule has 0 radical (unpaired) electrons. The first-order valence-corrected chi connectivity index (χ1v) is 7.37. The van der Waals surface area contributed by atoms with Gasteiger partial charge in [0.1, 0.15) is 0 Å². The van der Waals surface area contributed by atoms with Crippen LogP contribution in [0.4, 0.5) is 5.69 Å². The molecule has 120 valence electrons. The van der Waals surface area contributed by atoms with Crippen LogP contribution in [0.15, 0.2) is 48.5 Å². The van der Waals surface area contributed by atoms with Gasteiger partial charge < -0.3 is 9.94 Å². The van der Waals surface area contributed by atoms with Crippen LogP contribution in [0.3, 0.4) is 0 Å². The van der Waals surface area contributed by atoms with Crippen molar-refractivity contribution in [2.45, 2.75) is 6.92 Å². The van der Waals surface area contributed by atoms with Gasteiger partial charge in [0.2, 0.25) is 0 Å². The predicted molar refractivity (Wildman–Crippen MR) is 88.3 cm³/mol. The van der Waals surface area contributed by atoms with Crippen molar-refractivity contribution in [2.75, 3.05) is 6.61 Å². The normalized spacial score (nSPS) is 12.8. The van der Waals surface area contributed by atoms with Gasteiger partial charge in [0, 0.05) is 6.07 Å². The smallest absolute Gasteiger partial charge is 0.338 e. The fraction of sp³-hybridized carbons (Fsp3) is 0.118. The third kappa shape index (κ3) is 4.40. The van der Waals surface area contributed by atoms with Crippen LogP contribution in [0.5, 0.6) is 0 Å². The molecule has 5 nitrogen and oxygen atoms in total. The SMILES string of the molecule is CCOC(=O)c1ccc(C(Cl)=Cc2ccccc2)c([NH+]([O-])O)c1. The number of nitrogens with one attached hydrogen (secondary N) is 1. The van der Waals surface area contributed by atoms with Gasteiger partial charge in [0.25, 0.3) is 0 Å². The van der Waals surface area contributed by atoms with Crippen LogP contribution in [0, 0.1) is 5.21 Å². The molecular weight excluding hydrogens is 318 g/mol. The lowest BCUT2D eigenvalue weighted by Gasteiger charge is -2.16. The van der Waals surface area contributed by atoms with E-state index in [-0.39, 0.29) is 22.9 Å². The molecule has 1 atom stereocenters. The fourth-order valence-electron chi connectivity index (χ4n) is 2.04. The van der Waals surface area contributed by atoms with Crippen LogP contribution in [0.2, 0.25) is 0 Å². The van der Waals surface area contributed by atoms with E-state index < -0.39 is 11.2 Å². The molecule has 0 saturated heterocycles. The molecule has 0 aromatic heterocycles. The zero-order valence-corrected chi connectivity index (χ0v) is 13.2. The first-order chi connectivity index (χ1) is 11.0. The van der Waals surface area contributed by atoms with Gasteiger partial charge in [-0.05, 0) is 30.7 Å². The average Bonchev–Trinajstić information content (AvgIpc) is 2.55. The van der Waals surface area contributed by atoms with Crippen LogP contribution in [-0.4, -0.2) is 17.8 Å². The number of ether oxygens (including phenoxy) is 1. The molecule has 2 aromatic rings. The molecule has 6 heteroatoms. The van der Waals surface area contributed by atoms with Crippen LogP contribution in [-0.2, 0) is 4.74 Å². The lowest BCUT2D eigenvalue weighted by Crippen LogP contribution is -2.99. The van der Waals surface area contributed by atoms with Crippen molar-refractivity contribution in [1.82, 2.24) is 0 Å². The summed E-state index contributed by atoms with van der Waals surface area (Å²) in [6, 6.07) is 13.6. The molecule has 0 heterocycles. The van der Waals surface area contributed by atoms with Crippen molar-refractivity contribution < 1.29 is 20.0 Å². The highest BCUT2D eigenvalue weighted by atomic mass is 35.5. The summed E-state index contributed by atoms with van der Waals surface area (Å²) in [5, 5.41) is 20.0. The number of hydrogen-bond donors (Lipinski definition) is 2. The molecule has 1 unspecified atom stereocenters. The molecule has 0 aliphatic carbocycles. The van der Waals surface area contributed by atoms with Gasteiger partial charge in [0.15, 0.2) is 5.69 Å². The maximum atomic E-state index is 11.7. The number of quaternary nitrogens is 1. The highest BCUT2D eigenvalue weighted by Gasteiger charge is 2.17. The number of carbonyl (C=O) groups excluding carboxylic acids is 1. The minimum Gasteiger partial charge on any atom is -0.595 e. The number of esters is 1. The second-order valence-electron chi connectivity index (χ2n) is 4.69. The summed E-state index contributed by atoms with van der Waals surface area (Å²) in [6.45, 7) is 1.90. The van der Waals surface area contributed by atoms with E-state index >= 15 is 0 Å². The molecule has 2 aromatic carbocycles. The van der Waals surface area contributed by atoms with Crippen molar-refractivity contribution in [3.05, 3.63) is 70.4 Å². The molecule has 0 amide bonds. The van der Waals surface area contributed by atoms with Crippen LogP contribution >= 0.6 is 11.6 Å². The molecule has 0 saturated carbocycles. The van der Waals surface area contributed by atoms with E-state index in [2.05, 4.69) is 0 Å². The lowest BCUT2D eigenvalue weighted by atomic mass is 10.1. The molecular formula is C17H16ClNO4. The summed E-state index contributed by atoms with van der Waals surface area (Å²) in [6.07, 6.45) is 1.67. The van der Waals surface area contributed by atoms with E-state index in [1.54, 1.807) is 13.0 Å². The number of carbonyl (C=O) groups is 1. The fourth-order valence-corrected chi connectivity index (χ4v) is 2.33. The highest BCUT2D eigenvalue weighted by molar-refractivity contribution is 6.51. The monoisotopic (exact) mass is 333 g/mol. The maximum absolute atomic E-state index is 11.7. The van der Waals surface area contributed by atoms with E-state index in [0.29, 0.717) is 5.56 Å². The van der Waals surface area contributed by atoms with Gasteiger partial charge in [-0.25, -0.2) is 10.0 Å². The summed E-state index contributed by atoms with van der Waals surface area (Å²) in [5.41, 5.74) is 1.32. The molecule has 0 fully saturated rings. The Kier molecular flexibility index (Phi) is 5.90. The number of rotatable bonds is 5. The summed E-state index contributed by atoms with van der Waals surface area (Å²) in [5.74, 6) is -0.565. The Morgan fingerprint density at radius 2 is 2.00 bits per heavy atom. The van der Waals surface area contributed by atoms with Gasteiger partial charge in [-0.15, -0.1) is 0 Å². The first-order valence-electron chi connectivity index (χ1n) is 7.00. The van der Waals surface area contributed by atoms with E-state index in [1.807, 2.05) is 30.3 Å². The second kappa shape index (κ2) is 7.89. The predicted octanol–water partition coefficient (Wildman–Crippen LogP) is 3.00. The van der Waals surface area contributed by atoms with Gasteiger partial charge in [-0.3, -0.25) is 0 Å². The Bertz CT molecular complexity index is 714. The topological polar surface area (TPSA) is 74.0 Å². The second-order valence-corrected chi connectivity index (χ2v) is 5.10. The van der Waals surface area contributed by atoms with Crippen LogP contribution < -0.4 is 5.23 Å². The Balaban J connectivity index is 2.42. The molecule has 0 spiro atoms. The summed E-state index contributed by atoms with van der Waals surface area (Å²) >= 11 is 6.26. The highest BCUT2D eigenvalue weighted by Crippen LogP contribution is 2.28. The van der Waals surface area contributed by atoms with Crippen molar-refractivity contribution in [3.8, 4) is 0 Å². The molecule has 0 aliphatic heterocycles. The largest absolute Gasteiger partial charge is 0.595 e. The Labute approximate surface area is 138 Å². The molecule has 0 aliphatic rings. The third-order valence-electron chi connectivity index (χ3n) is 3.11. The minimum atomic E-state index is -1.16. The zero-order chi connectivity index (χ0) is 16.8. The Morgan fingerprint density at radius 3 is 2.61 bits per heavy atom. The average molecular weight is 334 g/mol. The Hall–Kier alpha value is -2.18. The first kappa shape index (κ1) is 17.2. The Morgan fingerprint density at radius 1 is 1.30 bits per heavy atom. The van der Waals surface area contributed by atoms with Crippen molar-refractivity contribution in [1.29, 1.82) is 0 Å². The van der Waals surface area contributed by atoms with Gasteiger partial charge >= 0.3 is 5.97 Å². The standard InChI is InChI=1S/C17H16ClNO4/c1-2-23-17(20)13-8-9-14(16(11-13)19(21)22)15(18)10-12-6-4-3-5-7-12/h3-11,19,21H,2H2,1H3. The zero-order valence-electron chi connectivity index (χ0n) is 12.5. The summed E-state index contributed by atoms with van der Waals surface area (Å²) in [7, 11) is 0. The molecule has 0 bridgehead atoms. The molecule has 2 N–H and O–H groups in total. The van der Waals surface area contributed by atoms with Crippen LogP contribution in [0.25, 0.3) is 11.1 Å². The van der Waals surface area contributed by atoms with Crippen LogP contribution in [0.1, 0.15) is 28.4 Å². The summed E-state index contributed by atoms with van der Waals surface area (Å²) < 4.78 is 4.88. The lowest BCUT2D eigenvalue weighted by molar-refractivity contribution is -0.991. The number of halogens is 1. The quantitative estimate of drug-likeness (QED) is 0.501. The van der Waals surface area contributed by atoms with Gasteiger partial charge in [0.05, 0.1) is 22.8 Å². The minimum absolute atomic E-state index is 0.0484. The number of hydrogen-bond acceptors (Lipinski definition) is 4. The third-order valence-corrected chi connectivity index (χ3v) is 3.42. The van der Waals surface area contributed by atoms with Gasteiger partial charge in [-0.1, -0.05) is 41.9 Å². The van der Waals surface area contributed by atoms with Crippen molar-refractivity contribution in [3.63, 3.8) is 0 Å². The van der Waals surface area contributed by atoms with E-state index in [9.17, 15) is 15.2 Å². The van der Waals surface area contributed by atoms with Crippen molar-refractivity contribution >= 4 is 34.4 Å². The van der Waals surface area contributed by atoms with Gasteiger partial charge in [-0.2, -0.15) is 5.23 Å². The molecule has 23 heavy (non-hydrogen) atoms. The summed E-state index contributed by atoms with van der Waals surface area (Å²) in [4.78, 5) is 11.7. The maximum Gasteiger partial charge on any atom is 0.338 e. The van der Waals surface area contributed by atoms with E-state index in [1.165, 1.54) is 18.2 Å². The van der Waals surface area contributed by atoms with Crippen molar-refractivity contribution in [2.24, 2.45) is 0 Å². The van der Waals surface area contributed by atoms with E-state index in [0.717, 1.165) is 5.56 Å².